The van der Waals surface area contributed by atoms with Gasteiger partial charge in [0.05, 0.1) is 6.04 Å². The number of hydrogen-bond donors (Lipinski definition) is 1. The van der Waals surface area contributed by atoms with E-state index in [1.165, 1.54) is 12.8 Å². The van der Waals surface area contributed by atoms with E-state index in [1.54, 1.807) is 0 Å². The van der Waals surface area contributed by atoms with Gasteiger partial charge in [-0.2, -0.15) is 5.21 Å². The maximum Gasteiger partial charge on any atom is 0.238 e. The van der Waals surface area contributed by atoms with E-state index in [9.17, 15) is 0 Å². The zero-order chi connectivity index (χ0) is 8.84. The molecule has 4 nitrogen and oxygen atoms in total. The SMILES string of the molecule is S=c1nn[nH]n1[C@H]1C[C@@H]2C=C[C@@H]1C2. The Hall–Kier alpha value is -0.970. The molecule has 13 heavy (non-hydrogen) atoms. The van der Waals surface area contributed by atoms with Gasteiger partial charge in [-0.3, -0.25) is 0 Å². The Labute approximate surface area is 80.6 Å². The zero-order valence-electron chi connectivity index (χ0n) is 7.05. The minimum Gasteiger partial charge on any atom is -0.239 e. The fraction of sp³-hybridized carbons (Fsp3) is 0.625. The molecule has 0 saturated heterocycles. The molecule has 5 heteroatoms. The fourth-order valence-corrected chi connectivity index (χ4v) is 2.69. The van der Waals surface area contributed by atoms with E-state index in [0.29, 0.717) is 16.7 Å². The first kappa shape index (κ1) is 7.44. The zero-order valence-corrected chi connectivity index (χ0v) is 7.87. The van der Waals surface area contributed by atoms with Crippen molar-refractivity contribution >= 4 is 12.2 Å². The number of nitrogens with zero attached hydrogens (tertiary/aromatic N) is 3. The lowest BCUT2D eigenvalue weighted by atomic mass is 10.0. The molecule has 1 N–H and O–H groups in total. The Morgan fingerprint density at radius 2 is 2.38 bits per heavy atom. The average molecular weight is 194 g/mol. The van der Waals surface area contributed by atoms with Gasteiger partial charge in [0.1, 0.15) is 0 Å². The Balaban J connectivity index is 2.00. The number of rotatable bonds is 1. The number of nitrogens with one attached hydrogen (secondary N) is 1. The molecule has 1 fully saturated rings. The lowest BCUT2D eigenvalue weighted by Crippen LogP contribution is -2.15. The molecule has 0 unspecified atom stereocenters. The molecule has 0 amide bonds. The van der Waals surface area contributed by atoms with Gasteiger partial charge in [0.2, 0.25) is 4.77 Å². The van der Waals surface area contributed by atoms with Gasteiger partial charge in [-0.1, -0.05) is 22.5 Å². The third-order valence-electron chi connectivity index (χ3n) is 3.07. The van der Waals surface area contributed by atoms with Crippen molar-refractivity contribution in [3.8, 4) is 0 Å². The highest BCUT2D eigenvalue weighted by Crippen LogP contribution is 2.45. The van der Waals surface area contributed by atoms with Crippen LogP contribution < -0.4 is 0 Å². The summed E-state index contributed by atoms with van der Waals surface area (Å²) >= 11 is 5.07. The summed E-state index contributed by atoms with van der Waals surface area (Å²) in [7, 11) is 0. The van der Waals surface area contributed by atoms with Gasteiger partial charge in [0.15, 0.2) is 0 Å². The van der Waals surface area contributed by atoms with Crippen molar-refractivity contribution < 1.29 is 0 Å². The molecule has 1 heterocycles. The van der Waals surface area contributed by atoms with Gasteiger partial charge in [-0.15, -0.1) is 0 Å². The van der Waals surface area contributed by atoms with Crippen LogP contribution in [-0.4, -0.2) is 20.2 Å². The van der Waals surface area contributed by atoms with Crippen molar-refractivity contribution in [1.82, 2.24) is 20.2 Å². The first-order valence-electron chi connectivity index (χ1n) is 4.52. The van der Waals surface area contributed by atoms with Gasteiger partial charge in [0, 0.05) is 0 Å². The van der Waals surface area contributed by atoms with Crippen LogP contribution in [-0.2, 0) is 0 Å². The minimum atomic E-state index is 0.470. The standard InChI is InChI=1S/C8H10N4S/c13-8-9-10-11-12(8)7-4-5-1-2-6(7)3-5/h1-2,5-7H,3-4H2,(H,9,11,13)/t5-,6-,7+/m1/s1. The average Bonchev–Trinajstić information content (AvgIpc) is 2.77. The molecule has 3 atom stereocenters. The molecular formula is C8H10N4S. The monoisotopic (exact) mass is 194 g/mol. The first-order chi connectivity index (χ1) is 6.34. The van der Waals surface area contributed by atoms with Crippen molar-refractivity contribution in [2.45, 2.75) is 18.9 Å². The summed E-state index contributed by atoms with van der Waals surface area (Å²) in [4.78, 5) is 0. The predicted molar refractivity (Wildman–Crippen MR) is 49.6 cm³/mol. The van der Waals surface area contributed by atoms with Crippen molar-refractivity contribution in [2.24, 2.45) is 11.8 Å². The number of aromatic amines is 1. The van der Waals surface area contributed by atoms with E-state index >= 15 is 0 Å². The van der Waals surface area contributed by atoms with Crippen molar-refractivity contribution in [1.29, 1.82) is 0 Å². The summed E-state index contributed by atoms with van der Waals surface area (Å²) in [6.45, 7) is 0. The summed E-state index contributed by atoms with van der Waals surface area (Å²) in [6, 6.07) is 0.470. The van der Waals surface area contributed by atoms with Gasteiger partial charge in [-0.25, -0.2) is 4.68 Å². The van der Waals surface area contributed by atoms with Crippen LogP contribution in [0.3, 0.4) is 0 Å². The van der Waals surface area contributed by atoms with E-state index in [4.69, 9.17) is 12.2 Å². The van der Waals surface area contributed by atoms with Gasteiger partial charge in [0.25, 0.3) is 0 Å². The molecule has 2 aliphatic carbocycles. The molecule has 2 aliphatic rings. The number of tetrazole rings is 1. The molecule has 0 aliphatic heterocycles. The van der Waals surface area contributed by atoms with Crippen LogP contribution in [0.25, 0.3) is 0 Å². The largest absolute Gasteiger partial charge is 0.239 e. The Morgan fingerprint density at radius 1 is 1.46 bits per heavy atom. The molecule has 3 rings (SSSR count). The van der Waals surface area contributed by atoms with E-state index in [2.05, 4.69) is 27.7 Å². The summed E-state index contributed by atoms with van der Waals surface area (Å²) in [5.74, 6) is 1.39. The van der Waals surface area contributed by atoms with E-state index in [-0.39, 0.29) is 0 Å². The lowest BCUT2D eigenvalue weighted by molar-refractivity contribution is 0.382. The topological polar surface area (TPSA) is 46.5 Å². The molecule has 68 valence electrons. The predicted octanol–water partition coefficient (Wildman–Crippen LogP) is 1.47. The molecule has 1 aromatic heterocycles. The number of allylic oxidation sites excluding steroid dienone is 2. The van der Waals surface area contributed by atoms with Crippen LogP contribution in [0, 0.1) is 16.6 Å². The number of hydrogen-bond acceptors (Lipinski definition) is 3. The molecular weight excluding hydrogens is 184 g/mol. The van der Waals surface area contributed by atoms with Crippen molar-refractivity contribution in [3.05, 3.63) is 16.9 Å². The summed E-state index contributed by atoms with van der Waals surface area (Å²) in [5.41, 5.74) is 0. The van der Waals surface area contributed by atoms with Crippen LogP contribution >= 0.6 is 12.2 Å². The minimum absolute atomic E-state index is 0.470. The van der Waals surface area contributed by atoms with Crippen molar-refractivity contribution in [2.75, 3.05) is 0 Å². The Morgan fingerprint density at radius 3 is 2.92 bits per heavy atom. The van der Waals surface area contributed by atoms with Crippen LogP contribution in [0.4, 0.5) is 0 Å². The van der Waals surface area contributed by atoms with Crippen molar-refractivity contribution in [3.63, 3.8) is 0 Å². The summed E-state index contributed by atoms with van der Waals surface area (Å²) in [6.07, 6.45) is 7.06. The molecule has 0 aromatic carbocycles. The Bertz CT molecular complexity index is 404. The van der Waals surface area contributed by atoms with Crippen LogP contribution in [0.15, 0.2) is 12.2 Å². The second-order valence-electron chi connectivity index (χ2n) is 3.80. The molecule has 0 spiro atoms. The summed E-state index contributed by atoms with van der Waals surface area (Å²) in [5, 5.41) is 10.4. The number of fused-ring (bicyclic) bond motifs is 2. The second kappa shape index (κ2) is 2.51. The number of aromatic nitrogens is 4. The third-order valence-corrected chi connectivity index (χ3v) is 3.35. The van der Waals surface area contributed by atoms with E-state index in [0.717, 1.165) is 5.92 Å². The lowest BCUT2D eigenvalue weighted by Gasteiger charge is -2.17. The first-order valence-corrected chi connectivity index (χ1v) is 4.93. The van der Waals surface area contributed by atoms with Crippen LogP contribution in [0.1, 0.15) is 18.9 Å². The normalized spacial score (nSPS) is 35.8. The van der Waals surface area contributed by atoms with Gasteiger partial charge in [-0.05, 0) is 36.9 Å². The van der Waals surface area contributed by atoms with E-state index in [1.807, 2.05) is 4.68 Å². The van der Waals surface area contributed by atoms with Gasteiger partial charge >= 0.3 is 0 Å². The smallest absolute Gasteiger partial charge is 0.238 e. The second-order valence-corrected chi connectivity index (χ2v) is 4.17. The van der Waals surface area contributed by atoms with E-state index < -0.39 is 0 Å². The number of H-pyrrole nitrogens is 1. The third kappa shape index (κ3) is 0.997. The highest BCUT2D eigenvalue weighted by Gasteiger charge is 2.37. The quantitative estimate of drug-likeness (QED) is 0.544. The molecule has 1 aromatic rings. The molecule has 1 saturated carbocycles. The molecule has 2 bridgehead atoms. The highest BCUT2D eigenvalue weighted by atomic mass is 32.1. The maximum absolute atomic E-state index is 5.07. The maximum atomic E-state index is 5.07. The molecule has 0 radical (unpaired) electrons. The highest BCUT2D eigenvalue weighted by molar-refractivity contribution is 7.71. The summed E-state index contributed by atoms with van der Waals surface area (Å²) < 4.78 is 2.50. The fourth-order valence-electron chi connectivity index (χ4n) is 2.47. The van der Waals surface area contributed by atoms with Crippen LogP contribution in [0.2, 0.25) is 0 Å². The van der Waals surface area contributed by atoms with Crippen LogP contribution in [0.5, 0.6) is 0 Å². The van der Waals surface area contributed by atoms with Gasteiger partial charge < -0.3 is 0 Å². The Kier molecular flexibility index (Phi) is 1.44.